The molecule has 2 N–H and O–H groups in total. The molecule has 0 aliphatic rings. The van der Waals surface area contributed by atoms with Gasteiger partial charge in [-0.05, 0) is 64.2 Å². The van der Waals surface area contributed by atoms with Gasteiger partial charge in [0.1, 0.15) is 26.3 Å². The van der Waals surface area contributed by atoms with Gasteiger partial charge in [0.15, 0.2) is 6.10 Å². The first-order chi connectivity index (χ1) is 25.5. The van der Waals surface area contributed by atoms with E-state index < -0.39 is 13.9 Å². The van der Waals surface area contributed by atoms with Crippen LogP contribution in [0.25, 0.3) is 0 Å². The molecule has 1 atom stereocenters. The number of hydrogen-bond acceptors (Lipinski definition) is 6. The lowest BCUT2D eigenvalue weighted by molar-refractivity contribution is -0.893. The van der Waals surface area contributed by atoms with Crippen LogP contribution in [0.2, 0.25) is 0 Å². The summed E-state index contributed by atoms with van der Waals surface area (Å²) in [5.74, 6) is -0.608. The van der Waals surface area contributed by atoms with Gasteiger partial charge in [0.2, 0.25) is 0 Å². The average molecular weight is 773 g/mol. The molecule has 0 heterocycles. The van der Waals surface area contributed by atoms with Crippen molar-refractivity contribution in [3.05, 3.63) is 24.3 Å². The van der Waals surface area contributed by atoms with Crippen LogP contribution in [0.5, 0.6) is 0 Å². The zero-order valence-electron chi connectivity index (χ0n) is 34.8. The van der Waals surface area contributed by atoms with E-state index in [1.807, 2.05) is 14.1 Å². The van der Waals surface area contributed by atoms with Crippen molar-refractivity contribution in [1.29, 1.82) is 0 Å². The fraction of sp³-hybridized carbons (Fsp3) is 0.860. The van der Waals surface area contributed by atoms with Gasteiger partial charge in [0, 0.05) is 12.8 Å². The number of nitrogens with zero attached hydrogens (tertiary/aromatic N) is 1. The van der Waals surface area contributed by atoms with E-state index in [4.69, 9.17) is 19.3 Å². The Bertz CT molecular complexity index is 964. The predicted molar refractivity (Wildman–Crippen MR) is 220 cm³/mol. The Morgan fingerprint density at radius 1 is 0.585 bits per heavy atom. The van der Waals surface area contributed by atoms with E-state index in [1.54, 1.807) is 0 Å². The summed E-state index contributed by atoms with van der Waals surface area (Å²) in [6.45, 7) is 4.92. The van der Waals surface area contributed by atoms with Crippen molar-refractivity contribution in [2.24, 2.45) is 0 Å². The molecule has 0 bridgehead atoms. The number of quaternary nitrogens is 1. The molecule has 0 radical (unpaired) electrons. The van der Waals surface area contributed by atoms with Gasteiger partial charge in [0.05, 0.1) is 14.1 Å². The summed E-state index contributed by atoms with van der Waals surface area (Å²) in [5.41, 5.74) is 0. The lowest BCUT2D eigenvalue weighted by atomic mass is 10.1. The van der Waals surface area contributed by atoms with Crippen LogP contribution in [0, 0.1) is 0 Å². The highest BCUT2D eigenvalue weighted by Gasteiger charge is 2.28. The number of rotatable bonds is 39. The first-order valence-corrected chi connectivity index (χ1v) is 23.2. The largest absolute Gasteiger partial charge is 0.469 e. The Balaban J connectivity index is 4.36. The number of likely N-dealkylation sites (N-methyl/N-ethyl adjacent to an activating group) is 1. The molecule has 0 aliphatic heterocycles. The van der Waals surface area contributed by atoms with Crippen LogP contribution in [0.3, 0.4) is 0 Å². The number of phosphoric ester groups is 1. The standard InChI is InChI=1S/C43H82NO8P/c1-5-7-9-11-13-15-17-19-21-23-25-27-29-31-33-35-42(45)50-40-41(39-44(3,4)37-38-51-53(47,48)49)52-43(46)36-34-32-30-28-26-24-22-20-18-16-14-12-10-8-6-2/h19-22,41H,5-18,23-40H2,1-4H3,(H-,47,48,49)/p+1. The van der Waals surface area contributed by atoms with Gasteiger partial charge < -0.3 is 23.7 Å². The Hall–Kier alpha value is -1.51. The van der Waals surface area contributed by atoms with E-state index in [0.717, 1.165) is 64.2 Å². The van der Waals surface area contributed by atoms with Crippen molar-refractivity contribution in [2.45, 2.75) is 200 Å². The van der Waals surface area contributed by atoms with Gasteiger partial charge in [0.25, 0.3) is 0 Å². The van der Waals surface area contributed by atoms with Crippen molar-refractivity contribution in [3.63, 3.8) is 0 Å². The number of phosphoric acid groups is 1. The van der Waals surface area contributed by atoms with Gasteiger partial charge >= 0.3 is 19.8 Å². The monoisotopic (exact) mass is 773 g/mol. The summed E-state index contributed by atoms with van der Waals surface area (Å²) in [5, 5.41) is 0. The minimum Gasteiger partial charge on any atom is -0.461 e. The van der Waals surface area contributed by atoms with Gasteiger partial charge in [-0.15, -0.1) is 0 Å². The summed E-state index contributed by atoms with van der Waals surface area (Å²) in [6.07, 6.45) is 40.2. The fourth-order valence-corrected chi connectivity index (χ4v) is 6.68. The maximum absolute atomic E-state index is 12.8. The fourth-order valence-electron chi connectivity index (χ4n) is 6.36. The van der Waals surface area contributed by atoms with Gasteiger partial charge in [-0.2, -0.15) is 0 Å². The molecule has 0 spiro atoms. The van der Waals surface area contributed by atoms with E-state index in [-0.39, 0.29) is 36.2 Å². The SMILES string of the molecule is CCCCCCCCC=CCCCCCCCC(=O)OCC(C[N+](C)(C)CCOP(=O)(O)O)OC(=O)CCCCCCCC=CCCCCCCCC. The molecule has 312 valence electrons. The van der Waals surface area contributed by atoms with Crippen molar-refractivity contribution in [1.82, 2.24) is 0 Å². The van der Waals surface area contributed by atoms with E-state index in [9.17, 15) is 14.2 Å². The highest BCUT2D eigenvalue weighted by Crippen LogP contribution is 2.35. The molecule has 0 aliphatic carbocycles. The minimum absolute atomic E-state index is 0.0386. The van der Waals surface area contributed by atoms with Crippen LogP contribution in [0.1, 0.15) is 194 Å². The third-order valence-corrected chi connectivity index (χ3v) is 10.2. The van der Waals surface area contributed by atoms with E-state index in [2.05, 4.69) is 42.7 Å². The van der Waals surface area contributed by atoms with Gasteiger partial charge in [-0.1, -0.05) is 141 Å². The number of allylic oxidation sites excluding steroid dienone is 4. The first kappa shape index (κ1) is 51.5. The molecule has 0 saturated carbocycles. The summed E-state index contributed by atoms with van der Waals surface area (Å²) < 4.78 is 27.4. The highest BCUT2D eigenvalue weighted by molar-refractivity contribution is 7.46. The van der Waals surface area contributed by atoms with Crippen molar-refractivity contribution in [2.75, 3.05) is 40.4 Å². The van der Waals surface area contributed by atoms with E-state index >= 15 is 0 Å². The number of unbranched alkanes of at least 4 members (excludes halogenated alkanes) is 22. The van der Waals surface area contributed by atoms with Crippen LogP contribution >= 0.6 is 7.82 Å². The van der Waals surface area contributed by atoms with Crippen molar-refractivity contribution in [3.8, 4) is 0 Å². The lowest BCUT2D eigenvalue weighted by Gasteiger charge is -2.33. The number of carbonyl (C=O) groups excluding carboxylic acids is 2. The molecule has 0 aromatic heterocycles. The summed E-state index contributed by atoms with van der Waals surface area (Å²) in [4.78, 5) is 43.4. The highest BCUT2D eigenvalue weighted by atomic mass is 31.2. The number of hydrogen-bond donors (Lipinski definition) is 2. The quantitative estimate of drug-likeness (QED) is 0.0208. The molecular weight excluding hydrogens is 689 g/mol. The molecule has 0 amide bonds. The third kappa shape index (κ3) is 40.0. The summed E-state index contributed by atoms with van der Waals surface area (Å²) >= 11 is 0. The van der Waals surface area contributed by atoms with E-state index in [0.29, 0.717) is 19.4 Å². The normalized spacial score (nSPS) is 12.9. The van der Waals surface area contributed by atoms with Crippen LogP contribution in [0.4, 0.5) is 0 Å². The number of carbonyl (C=O) groups is 2. The molecule has 0 fully saturated rings. The zero-order chi connectivity index (χ0) is 39.3. The topological polar surface area (TPSA) is 119 Å². The van der Waals surface area contributed by atoms with Crippen molar-refractivity contribution >= 4 is 19.8 Å². The summed E-state index contributed by atoms with van der Waals surface area (Å²) in [6, 6.07) is 0. The van der Waals surface area contributed by atoms with Crippen LogP contribution in [-0.4, -0.2) is 72.7 Å². The van der Waals surface area contributed by atoms with Crippen LogP contribution in [0.15, 0.2) is 24.3 Å². The van der Waals surface area contributed by atoms with Gasteiger partial charge in [-0.3, -0.25) is 14.1 Å². The molecule has 0 aromatic rings. The number of esters is 2. The molecule has 53 heavy (non-hydrogen) atoms. The Labute approximate surface area is 325 Å². The van der Waals surface area contributed by atoms with Crippen molar-refractivity contribution < 1.29 is 42.4 Å². The minimum atomic E-state index is -4.57. The number of ether oxygens (including phenoxy) is 2. The smallest absolute Gasteiger partial charge is 0.461 e. The second-order valence-corrected chi connectivity index (χ2v) is 16.9. The molecule has 10 heteroatoms. The lowest BCUT2D eigenvalue weighted by Crippen LogP contribution is -2.49. The molecule has 0 saturated heterocycles. The third-order valence-electron chi connectivity index (χ3n) is 9.67. The Kier molecular flexibility index (Phi) is 35.1. The Morgan fingerprint density at radius 3 is 1.38 bits per heavy atom. The maximum Gasteiger partial charge on any atom is 0.469 e. The first-order valence-electron chi connectivity index (χ1n) is 21.7. The molecular formula is C43H83NO8P+. The molecule has 1 unspecified atom stereocenters. The summed E-state index contributed by atoms with van der Waals surface area (Å²) in [7, 11) is -0.848. The predicted octanol–water partition coefficient (Wildman–Crippen LogP) is 11.7. The van der Waals surface area contributed by atoms with Crippen LogP contribution < -0.4 is 0 Å². The Morgan fingerprint density at radius 2 is 0.962 bits per heavy atom. The second kappa shape index (κ2) is 36.1. The molecule has 9 nitrogen and oxygen atoms in total. The second-order valence-electron chi connectivity index (χ2n) is 15.6. The van der Waals surface area contributed by atoms with Gasteiger partial charge in [-0.25, -0.2) is 4.57 Å². The maximum atomic E-state index is 12.8. The van der Waals surface area contributed by atoms with E-state index in [1.165, 1.54) is 103 Å². The molecule has 0 rings (SSSR count). The zero-order valence-corrected chi connectivity index (χ0v) is 35.6. The average Bonchev–Trinajstić information content (AvgIpc) is 3.09. The van der Waals surface area contributed by atoms with Crippen LogP contribution in [-0.2, 0) is 28.2 Å². The molecule has 0 aromatic carbocycles.